The van der Waals surface area contributed by atoms with E-state index in [1.807, 2.05) is 26.0 Å². The summed E-state index contributed by atoms with van der Waals surface area (Å²) in [6.07, 6.45) is 0.00363. The fraction of sp³-hybridized carbons (Fsp3) is 0.286. The van der Waals surface area contributed by atoms with Crippen LogP contribution in [-0.2, 0) is 27.3 Å². The molecular formula is C21H21N3O5S. The van der Waals surface area contributed by atoms with Gasteiger partial charge in [0.15, 0.2) is 4.80 Å². The molecule has 8 nitrogen and oxygen atoms in total. The van der Waals surface area contributed by atoms with Crippen LogP contribution in [0.1, 0.15) is 23.6 Å². The number of benzene rings is 2. The quantitative estimate of drug-likeness (QED) is 0.340. The number of nitro groups is 1. The van der Waals surface area contributed by atoms with Crippen LogP contribution in [0.3, 0.4) is 0 Å². The predicted octanol–water partition coefficient (Wildman–Crippen LogP) is 3.46. The normalized spacial score (nSPS) is 11.6. The van der Waals surface area contributed by atoms with Gasteiger partial charge in [0.05, 0.1) is 28.2 Å². The molecule has 0 fully saturated rings. The van der Waals surface area contributed by atoms with Gasteiger partial charge in [-0.3, -0.25) is 19.7 Å². The summed E-state index contributed by atoms with van der Waals surface area (Å²) < 4.78 is 7.72. The number of aryl methyl sites for hydroxylation is 2. The molecule has 3 rings (SSSR count). The van der Waals surface area contributed by atoms with Gasteiger partial charge in [0.25, 0.3) is 11.6 Å². The summed E-state index contributed by atoms with van der Waals surface area (Å²) in [6.45, 7) is 5.91. The maximum Gasteiger partial charge on any atom is 0.326 e. The van der Waals surface area contributed by atoms with Gasteiger partial charge in [-0.05, 0) is 43.5 Å². The Morgan fingerprint density at radius 3 is 2.53 bits per heavy atom. The van der Waals surface area contributed by atoms with Crippen LogP contribution in [0.15, 0.2) is 41.4 Å². The average molecular weight is 427 g/mol. The number of carbonyl (C=O) groups excluding carboxylic acids is 2. The number of non-ortho nitro benzene ring substituents is 1. The van der Waals surface area contributed by atoms with Crippen LogP contribution in [0, 0.1) is 24.0 Å². The van der Waals surface area contributed by atoms with E-state index in [9.17, 15) is 19.7 Å². The van der Waals surface area contributed by atoms with Crippen molar-refractivity contribution in [2.24, 2.45) is 4.99 Å². The zero-order valence-corrected chi connectivity index (χ0v) is 17.7. The first-order valence-electron chi connectivity index (χ1n) is 9.35. The second-order valence-corrected chi connectivity index (χ2v) is 7.79. The molecule has 0 atom stereocenters. The lowest BCUT2D eigenvalue weighted by molar-refractivity contribution is -0.384. The number of hydrogen-bond donors (Lipinski definition) is 0. The minimum atomic E-state index is -0.490. The Bertz CT molecular complexity index is 1190. The van der Waals surface area contributed by atoms with E-state index in [-0.39, 0.29) is 25.3 Å². The summed E-state index contributed by atoms with van der Waals surface area (Å²) in [4.78, 5) is 39.6. The van der Waals surface area contributed by atoms with Gasteiger partial charge >= 0.3 is 5.97 Å². The van der Waals surface area contributed by atoms with E-state index in [4.69, 9.17) is 4.74 Å². The zero-order valence-electron chi connectivity index (χ0n) is 16.9. The van der Waals surface area contributed by atoms with E-state index in [1.54, 1.807) is 11.5 Å². The van der Waals surface area contributed by atoms with Crippen LogP contribution in [0.25, 0.3) is 10.2 Å². The molecule has 0 aliphatic carbocycles. The lowest BCUT2D eigenvalue weighted by Crippen LogP contribution is -2.23. The van der Waals surface area contributed by atoms with Crippen LogP contribution >= 0.6 is 11.3 Å². The van der Waals surface area contributed by atoms with Gasteiger partial charge in [0, 0.05) is 12.1 Å². The van der Waals surface area contributed by atoms with Gasteiger partial charge in [-0.15, -0.1) is 0 Å². The van der Waals surface area contributed by atoms with Crippen molar-refractivity contribution in [2.45, 2.75) is 33.7 Å². The molecule has 0 saturated carbocycles. The highest BCUT2D eigenvalue weighted by atomic mass is 32.1. The van der Waals surface area contributed by atoms with Gasteiger partial charge < -0.3 is 9.30 Å². The lowest BCUT2D eigenvalue weighted by Gasteiger charge is -2.06. The molecule has 0 unspecified atom stereocenters. The van der Waals surface area contributed by atoms with Crippen molar-refractivity contribution in [2.75, 3.05) is 6.61 Å². The SMILES string of the molecule is CCOC(=O)Cn1c(=NC(=O)Cc2ccc([N+](=O)[O-])cc2)sc2c(C)cc(C)cc21. The molecule has 9 heteroatoms. The topological polar surface area (TPSA) is 104 Å². The number of nitrogens with zero attached hydrogens (tertiary/aromatic N) is 3. The highest BCUT2D eigenvalue weighted by Gasteiger charge is 2.14. The molecule has 0 N–H and O–H groups in total. The number of carbonyl (C=O) groups is 2. The van der Waals surface area contributed by atoms with Crippen LogP contribution in [0.4, 0.5) is 5.69 Å². The first-order chi connectivity index (χ1) is 14.3. The van der Waals surface area contributed by atoms with E-state index < -0.39 is 16.8 Å². The number of hydrogen-bond acceptors (Lipinski definition) is 6. The monoisotopic (exact) mass is 427 g/mol. The van der Waals surface area contributed by atoms with Gasteiger partial charge in [-0.2, -0.15) is 4.99 Å². The number of ether oxygens (including phenoxy) is 1. The highest BCUT2D eigenvalue weighted by molar-refractivity contribution is 7.16. The molecule has 0 radical (unpaired) electrons. The number of rotatable bonds is 6. The van der Waals surface area contributed by atoms with Gasteiger partial charge in [-0.1, -0.05) is 29.5 Å². The number of nitro benzene ring substituents is 1. The Labute approximate surface area is 176 Å². The number of fused-ring (bicyclic) bond motifs is 1. The van der Waals surface area contributed by atoms with Crippen LogP contribution in [0.5, 0.6) is 0 Å². The van der Waals surface area contributed by atoms with Crippen molar-refractivity contribution >= 4 is 39.1 Å². The molecule has 1 heterocycles. The molecule has 0 aliphatic heterocycles. The molecule has 0 bridgehead atoms. The summed E-state index contributed by atoms with van der Waals surface area (Å²) in [7, 11) is 0. The smallest absolute Gasteiger partial charge is 0.326 e. The van der Waals surface area contributed by atoms with Crippen LogP contribution in [-0.4, -0.2) is 28.0 Å². The maximum atomic E-state index is 12.6. The summed E-state index contributed by atoms with van der Waals surface area (Å²) in [5, 5.41) is 10.8. The van der Waals surface area contributed by atoms with Crippen LogP contribution in [0.2, 0.25) is 0 Å². The third kappa shape index (κ3) is 4.80. The third-order valence-corrected chi connectivity index (χ3v) is 5.66. The van der Waals surface area contributed by atoms with Gasteiger partial charge in [0.2, 0.25) is 0 Å². The number of esters is 1. The number of amides is 1. The first-order valence-corrected chi connectivity index (χ1v) is 10.2. The summed E-state index contributed by atoms with van der Waals surface area (Å²) in [6, 6.07) is 9.78. The minimum absolute atomic E-state index is 0.00363. The van der Waals surface area contributed by atoms with Gasteiger partial charge in [0.1, 0.15) is 6.54 Å². The van der Waals surface area contributed by atoms with E-state index in [1.165, 1.54) is 35.6 Å². The Kier molecular flexibility index (Phi) is 6.41. The molecule has 156 valence electrons. The molecule has 0 saturated heterocycles. The molecule has 30 heavy (non-hydrogen) atoms. The van der Waals surface area contributed by atoms with Gasteiger partial charge in [-0.25, -0.2) is 0 Å². The Morgan fingerprint density at radius 1 is 1.20 bits per heavy atom. The van der Waals surface area contributed by atoms with E-state index in [2.05, 4.69) is 4.99 Å². The largest absolute Gasteiger partial charge is 0.465 e. The number of thiazole rings is 1. The fourth-order valence-electron chi connectivity index (χ4n) is 3.14. The van der Waals surface area contributed by atoms with Crippen molar-refractivity contribution in [3.8, 4) is 0 Å². The molecule has 0 spiro atoms. The summed E-state index contributed by atoms with van der Waals surface area (Å²) in [5.74, 6) is -0.803. The summed E-state index contributed by atoms with van der Waals surface area (Å²) >= 11 is 1.34. The Morgan fingerprint density at radius 2 is 1.90 bits per heavy atom. The molecular weight excluding hydrogens is 406 g/mol. The summed E-state index contributed by atoms with van der Waals surface area (Å²) in [5.41, 5.74) is 3.49. The fourth-order valence-corrected chi connectivity index (χ4v) is 4.24. The molecule has 1 aromatic heterocycles. The Hall–Kier alpha value is -3.33. The van der Waals surface area contributed by atoms with E-state index in [0.717, 1.165) is 21.3 Å². The predicted molar refractivity (Wildman–Crippen MR) is 113 cm³/mol. The molecule has 1 amide bonds. The second-order valence-electron chi connectivity index (χ2n) is 6.81. The first kappa shape index (κ1) is 21.4. The zero-order chi connectivity index (χ0) is 21.8. The minimum Gasteiger partial charge on any atom is -0.465 e. The van der Waals surface area contributed by atoms with Crippen molar-refractivity contribution in [1.29, 1.82) is 0 Å². The van der Waals surface area contributed by atoms with Crippen LogP contribution < -0.4 is 4.80 Å². The van der Waals surface area contributed by atoms with Crippen molar-refractivity contribution < 1.29 is 19.2 Å². The van der Waals surface area contributed by atoms with Crippen molar-refractivity contribution in [1.82, 2.24) is 4.57 Å². The standard InChI is InChI=1S/C21H21N3O5S/c1-4-29-19(26)12-23-17-10-13(2)9-14(3)20(17)30-21(23)22-18(25)11-15-5-7-16(8-6-15)24(27)28/h5-10H,4,11-12H2,1-3H3. The van der Waals surface area contributed by atoms with E-state index in [0.29, 0.717) is 10.4 Å². The molecule has 3 aromatic rings. The van der Waals surface area contributed by atoms with E-state index >= 15 is 0 Å². The lowest BCUT2D eigenvalue weighted by atomic mass is 10.1. The second kappa shape index (κ2) is 9.00. The highest BCUT2D eigenvalue weighted by Crippen LogP contribution is 2.23. The maximum absolute atomic E-state index is 12.6. The number of aromatic nitrogens is 1. The van der Waals surface area contributed by atoms with Crippen molar-refractivity contribution in [3.63, 3.8) is 0 Å². The molecule has 2 aromatic carbocycles. The molecule has 0 aliphatic rings. The third-order valence-electron chi connectivity index (χ3n) is 4.43. The average Bonchev–Trinajstić information content (AvgIpc) is 3.00. The van der Waals surface area contributed by atoms with Crippen molar-refractivity contribution in [3.05, 3.63) is 68.0 Å². The Balaban J connectivity index is 1.99.